The van der Waals surface area contributed by atoms with E-state index in [0.29, 0.717) is 0 Å². The van der Waals surface area contributed by atoms with Crippen LogP contribution in [-0.4, -0.2) is 104 Å². The van der Waals surface area contributed by atoms with E-state index in [1.807, 2.05) is 12.4 Å². The van der Waals surface area contributed by atoms with Crippen LogP contribution < -0.4 is 0 Å². The molecule has 2 aromatic rings. The standard InChI is InChI=1S/C16H24N6OS.2C2HF3O2/c1-2-16(11-21(4-1)10-15-17-3-7-24-15)12-22(5-6-23-13-16)9-14-8-18-20-19-14;2*3-2(4,5)1(6)7/h3,7-8H,1-2,4-6,9-13H2,(H,18,19,20);2*(H,6,7). The molecule has 2 aromatic heterocycles. The zero-order valence-electron chi connectivity index (χ0n) is 19.8. The molecule has 3 N–H and O–H groups in total. The van der Waals surface area contributed by atoms with Crippen molar-refractivity contribution in [1.29, 1.82) is 0 Å². The number of H-pyrrole nitrogens is 1. The van der Waals surface area contributed by atoms with Gasteiger partial charge in [-0.2, -0.15) is 41.8 Å². The summed E-state index contributed by atoms with van der Waals surface area (Å²) in [5, 5.41) is 28.3. The number of nitrogens with one attached hydrogen (secondary N) is 1. The van der Waals surface area contributed by atoms with Crippen molar-refractivity contribution in [3.63, 3.8) is 0 Å². The summed E-state index contributed by atoms with van der Waals surface area (Å²) in [6.45, 7) is 7.72. The first-order chi connectivity index (χ1) is 17.7. The number of piperidine rings is 1. The second-order valence-corrected chi connectivity index (χ2v) is 9.55. The Balaban J connectivity index is 0.000000301. The molecule has 4 heterocycles. The number of rotatable bonds is 4. The highest BCUT2D eigenvalue weighted by atomic mass is 32.1. The number of aromatic amines is 1. The van der Waals surface area contributed by atoms with Crippen molar-refractivity contribution in [3.8, 4) is 0 Å². The predicted octanol–water partition coefficient (Wildman–Crippen LogP) is 2.64. The second-order valence-electron chi connectivity index (χ2n) is 8.57. The Morgan fingerprint density at radius 3 is 2.16 bits per heavy atom. The largest absolute Gasteiger partial charge is 0.490 e. The molecule has 0 amide bonds. The Kier molecular flexibility index (Phi) is 11.4. The minimum atomic E-state index is -5.08. The Morgan fingerprint density at radius 1 is 1.05 bits per heavy atom. The highest BCUT2D eigenvalue weighted by Gasteiger charge is 2.40. The highest BCUT2D eigenvalue weighted by Crippen LogP contribution is 2.34. The van der Waals surface area contributed by atoms with E-state index in [0.717, 1.165) is 58.2 Å². The van der Waals surface area contributed by atoms with Crippen molar-refractivity contribution in [2.24, 2.45) is 5.41 Å². The first-order valence-corrected chi connectivity index (χ1v) is 11.9. The third-order valence-electron chi connectivity index (χ3n) is 5.44. The van der Waals surface area contributed by atoms with Gasteiger partial charge in [0.2, 0.25) is 0 Å². The fourth-order valence-electron chi connectivity index (χ4n) is 3.96. The van der Waals surface area contributed by atoms with E-state index in [4.69, 9.17) is 24.5 Å². The van der Waals surface area contributed by atoms with Crippen LogP contribution in [-0.2, 0) is 27.4 Å². The molecule has 0 radical (unpaired) electrons. The number of thiazole rings is 1. The van der Waals surface area contributed by atoms with Gasteiger partial charge in [-0.3, -0.25) is 9.80 Å². The number of likely N-dealkylation sites (tertiary alicyclic amines) is 1. The van der Waals surface area contributed by atoms with Crippen LogP contribution in [0.2, 0.25) is 0 Å². The van der Waals surface area contributed by atoms with Crippen LogP contribution in [0, 0.1) is 5.41 Å². The fourth-order valence-corrected chi connectivity index (χ4v) is 4.62. The summed E-state index contributed by atoms with van der Waals surface area (Å²) in [6.07, 6.45) is -3.99. The Bertz CT molecular complexity index is 968. The number of carbonyl (C=O) groups is 2. The third kappa shape index (κ3) is 10.9. The highest BCUT2D eigenvalue weighted by molar-refractivity contribution is 7.09. The van der Waals surface area contributed by atoms with Crippen LogP contribution in [0.3, 0.4) is 0 Å². The quantitative estimate of drug-likeness (QED) is 0.465. The van der Waals surface area contributed by atoms with Crippen molar-refractivity contribution in [3.05, 3.63) is 28.5 Å². The van der Waals surface area contributed by atoms with Crippen LogP contribution in [0.25, 0.3) is 0 Å². The average molecular weight is 577 g/mol. The molecule has 18 heteroatoms. The van der Waals surface area contributed by atoms with Crippen LogP contribution in [0.1, 0.15) is 23.5 Å². The summed E-state index contributed by atoms with van der Waals surface area (Å²) >= 11 is 1.75. The van der Waals surface area contributed by atoms with Crippen LogP contribution in [0.4, 0.5) is 26.3 Å². The SMILES string of the molecule is O=C(O)C(F)(F)F.O=C(O)C(F)(F)F.c1csc(CN2CCCC3(COCCN(Cc4cn[nH]n4)C3)C2)n1. The van der Waals surface area contributed by atoms with Gasteiger partial charge in [0, 0.05) is 43.2 Å². The van der Waals surface area contributed by atoms with E-state index in [9.17, 15) is 26.3 Å². The van der Waals surface area contributed by atoms with Gasteiger partial charge in [-0.05, 0) is 19.4 Å². The van der Waals surface area contributed by atoms with Crippen molar-refractivity contribution in [2.75, 3.05) is 39.4 Å². The van der Waals surface area contributed by atoms with E-state index < -0.39 is 24.3 Å². The molecule has 1 spiro atoms. The van der Waals surface area contributed by atoms with E-state index in [2.05, 4.69) is 35.6 Å². The van der Waals surface area contributed by atoms with Crippen molar-refractivity contribution >= 4 is 23.3 Å². The molecule has 2 aliphatic rings. The maximum atomic E-state index is 10.6. The van der Waals surface area contributed by atoms with E-state index in [1.165, 1.54) is 17.8 Å². The second kappa shape index (κ2) is 13.8. The summed E-state index contributed by atoms with van der Waals surface area (Å²) in [5.41, 5.74) is 1.22. The molecule has 0 aliphatic carbocycles. The molecule has 11 nitrogen and oxygen atoms in total. The molecule has 38 heavy (non-hydrogen) atoms. The number of aliphatic carboxylic acids is 2. The van der Waals surface area contributed by atoms with E-state index in [-0.39, 0.29) is 5.41 Å². The van der Waals surface area contributed by atoms with Crippen LogP contribution in [0.15, 0.2) is 17.8 Å². The van der Waals surface area contributed by atoms with Gasteiger partial charge >= 0.3 is 24.3 Å². The lowest BCUT2D eigenvalue weighted by atomic mass is 9.80. The van der Waals surface area contributed by atoms with Crippen LogP contribution in [0.5, 0.6) is 0 Å². The van der Waals surface area contributed by atoms with Gasteiger partial charge in [0.25, 0.3) is 0 Å². The summed E-state index contributed by atoms with van der Waals surface area (Å²) in [7, 11) is 0. The first-order valence-electron chi connectivity index (χ1n) is 11.1. The zero-order chi connectivity index (χ0) is 28.4. The maximum Gasteiger partial charge on any atom is 0.490 e. The average Bonchev–Trinajstić information content (AvgIpc) is 3.47. The number of halogens is 6. The molecule has 1 unspecified atom stereocenters. The molecular weight excluding hydrogens is 550 g/mol. The van der Waals surface area contributed by atoms with Gasteiger partial charge in [0.15, 0.2) is 0 Å². The number of carboxylic acids is 2. The molecule has 2 aliphatic heterocycles. The summed E-state index contributed by atoms with van der Waals surface area (Å²) in [6, 6.07) is 0. The third-order valence-corrected chi connectivity index (χ3v) is 6.20. The fraction of sp³-hybridized carbons (Fsp3) is 0.650. The van der Waals surface area contributed by atoms with Gasteiger partial charge in [-0.1, -0.05) is 0 Å². The molecule has 4 rings (SSSR count). The van der Waals surface area contributed by atoms with Gasteiger partial charge in [-0.15, -0.1) is 11.3 Å². The number of aromatic nitrogens is 4. The topological polar surface area (TPSA) is 145 Å². The van der Waals surface area contributed by atoms with Crippen molar-refractivity contribution in [2.45, 2.75) is 38.3 Å². The van der Waals surface area contributed by atoms with Gasteiger partial charge in [0.05, 0.1) is 31.6 Å². The monoisotopic (exact) mass is 576 g/mol. The number of ether oxygens (including phenoxy) is 1. The van der Waals surface area contributed by atoms with E-state index in [1.54, 1.807) is 11.3 Å². The van der Waals surface area contributed by atoms with Crippen LogP contribution >= 0.6 is 11.3 Å². The Morgan fingerprint density at radius 2 is 1.66 bits per heavy atom. The Hall–Kier alpha value is -2.83. The lowest BCUT2D eigenvalue weighted by Crippen LogP contribution is -2.50. The summed E-state index contributed by atoms with van der Waals surface area (Å²) < 4.78 is 69.5. The smallest absolute Gasteiger partial charge is 0.475 e. The number of alkyl halides is 6. The number of carboxylic acid groups (broad SMARTS) is 2. The summed E-state index contributed by atoms with van der Waals surface area (Å²) in [4.78, 5) is 27.3. The van der Waals surface area contributed by atoms with Gasteiger partial charge in [-0.25, -0.2) is 14.6 Å². The molecule has 0 bridgehead atoms. The zero-order valence-corrected chi connectivity index (χ0v) is 20.7. The Labute approximate surface area is 216 Å². The molecule has 0 aromatic carbocycles. The molecule has 1 atom stereocenters. The van der Waals surface area contributed by atoms with Gasteiger partial charge in [0.1, 0.15) is 5.01 Å². The molecule has 2 fully saturated rings. The van der Waals surface area contributed by atoms with Gasteiger partial charge < -0.3 is 14.9 Å². The minimum absolute atomic E-state index is 0.218. The number of hydrogen-bond donors (Lipinski definition) is 3. The molecule has 0 saturated carbocycles. The number of hydrogen-bond acceptors (Lipinski definition) is 9. The first kappa shape index (κ1) is 31.4. The molecular formula is C20H26F6N6O5S. The number of nitrogens with zero attached hydrogens (tertiary/aromatic N) is 5. The lowest BCUT2D eigenvalue weighted by molar-refractivity contribution is -0.193. The summed E-state index contributed by atoms with van der Waals surface area (Å²) in [5.74, 6) is -5.51. The minimum Gasteiger partial charge on any atom is -0.475 e. The predicted molar refractivity (Wildman–Crippen MR) is 119 cm³/mol. The molecule has 214 valence electrons. The molecule has 2 saturated heterocycles. The normalized spacial score (nSPS) is 21.0. The van der Waals surface area contributed by atoms with Crippen molar-refractivity contribution < 1.29 is 50.9 Å². The lowest BCUT2D eigenvalue weighted by Gasteiger charge is -2.43. The van der Waals surface area contributed by atoms with E-state index >= 15 is 0 Å². The van der Waals surface area contributed by atoms with Crippen molar-refractivity contribution in [1.82, 2.24) is 30.2 Å². The maximum absolute atomic E-state index is 10.6.